The molecule has 1 nitrogen and oxygen atoms in total. The highest BCUT2D eigenvalue weighted by Crippen LogP contribution is 2.46. The van der Waals surface area contributed by atoms with Crippen LogP contribution in [-0.4, -0.2) is 12.8 Å². The van der Waals surface area contributed by atoms with E-state index in [4.69, 9.17) is 0 Å². The second kappa shape index (κ2) is 2.06. The van der Waals surface area contributed by atoms with E-state index < -0.39 is 7.14 Å². The molecule has 0 aromatic rings. The zero-order valence-electron chi connectivity index (χ0n) is 5.13. The summed E-state index contributed by atoms with van der Waals surface area (Å²) in [6.45, 7) is 1.85. The van der Waals surface area contributed by atoms with Gasteiger partial charge in [-0.3, -0.25) is 0 Å². The van der Waals surface area contributed by atoms with E-state index in [-0.39, 0.29) is 0 Å². The van der Waals surface area contributed by atoms with Gasteiger partial charge in [0.25, 0.3) is 0 Å². The molecule has 1 aliphatic heterocycles. The van der Waals surface area contributed by atoms with Crippen LogP contribution in [0.25, 0.3) is 0 Å². The second-order valence-corrected chi connectivity index (χ2v) is 5.52. The minimum absolute atomic E-state index is 0.920. The minimum atomic E-state index is -1.77. The average Bonchev–Trinajstić information content (AvgIpc) is 1.65. The Morgan fingerprint density at radius 2 is 2.38 bits per heavy atom. The summed E-state index contributed by atoms with van der Waals surface area (Å²) in [5.41, 5.74) is 0. The van der Waals surface area contributed by atoms with Crippen LogP contribution in [0.15, 0.2) is 11.9 Å². The molecule has 0 aromatic carbocycles. The van der Waals surface area contributed by atoms with Gasteiger partial charge in [0.2, 0.25) is 0 Å². The summed E-state index contributed by atoms with van der Waals surface area (Å²) in [5, 5.41) is 0. The van der Waals surface area contributed by atoms with Crippen LogP contribution >= 0.6 is 7.14 Å². The predicted octanol–water partition coefficient (Wildman–Crippen LogP) is 2.29. The quantitative estimate of drug-likeness (QED) is 0.460. The van der Waals surface area contributed by atoms with E-state index in [0.29, 0.717) is 0 Å². The van der Waals surface area contributed by atoms with Crippen molar-refractivity contribution in [3.8, 4) is 0 Å². The molecule has 0 spiro atoms. The van der Waals surface area contributed by atoms with Crippen LogP contribution in [0, 0.1) is 0 Å². The lowest BCUT2D eigenvalue weighted by molar-refractivity contribution is 0.581. The normalized spacial score (nSPS) is 37.6. The van der Waals surface area contributed by atoms with Gasteiger partial charge in [0.05, 0.1) is 0 Å². The van der Waals surface area contributed by atoms with E-state index in [1.54, 1.807) is 0 Å². The molecule has 1 atom stereocenters. The summed E-state index contributed by atoms with van der Waals surface area (Å²) < 4.78 is 11.1. The maximum atomic E-state index is 11.1. The highest BCUT2D eigenvalue weighted by atomic mass is 31.2. The zero-order valence-corrected chi connectivity index (χ0v) is 6.03. The minimum Gasteiger partial charge on any atom is -0.320 e. The van der Waals surface area contributed by atoms with Gasteiger partial charge in [0, 0.05) is 6.16 Å². The van der Waals surface area contributed by atoms with Crippen LogP contribution in [-0.2, 0) is 4.57 Å². The fourth-order valence-corrected chi connectivity index (χ4v) is 2.45. The van der Waals surface area contributed by atoms with Gasteiger partial charge in [0.15, 0.2) is 0 Å². The summed E-state index contributed by atoms with van der Waals surface area (Å²) in [5.74, 6) is 1.89. The molecule has 0 aromatic heterocycles. The molecule has 0 saturated heterocycles. The molecule has 1 rings (SSSR count). The topological polar surface area (TPSA) is 17.1 Å². The monoisotopic (exact) mass is 130 g/mol. The molecule has 0 fully saturated rings. The summed E-state index contributed by atoms with van der Waals surface area (Å²) >= 11 is 0. The van der Waals surface area contributed by atoms with E-state index in [0.717, 1.165) is 19.0 Å². The first-order valence-corrected chi connectivity index (χ1v) is 5.35. The molecule has 1 heterocycles. The SMILES string of the molecule is CP1(=O)C=CCCC1. The van der Waals surface area contributed by atoms with E-state index in [1.807, 2.05) is 18.6 Å². The molecule has 2 heteroatoms. The molecule has 8 heavy (non-hydrogen) atoms. The Morgan fingerprint density at radius 1 is 1.62 bits per heavy atom. The van der Waals surface area contributed by atoms with Crippen LogP contribution in [0.4, 0.5) is 0 Å². The lowest BCUT2D eigenvalue weighted by atomic mass is 10.3. The highest BCUT2D eigenvalue weighted by molar-refractivity contribution is 7.66. The second-order valence-electron chi connectivity index (χ2n) is 2.42. The molecule has 46 valence electrons. The molecule has 0 radical (unpaired) electrons. The molecule has 0 bridgehead atoms. The lowest BCUT2D eigenvalue weighted by Gasteiger charge is -2.10. The Morgan fingerprint density at radius 3 is 2.62 bits per heavy atom. The Kier molecular flexibility index (Phi) is 1.57. The van der Waals surface area contributed by atoms with Gasteiger partial charge in [-0.05, 0) is 25.3 Å². The molecule has 0 saturated carbocycles. The number of hydrogen-bond donors (Lipinski definition) is 0. The van der Waals surface area contributed by atoms with Gasteiger partial charge in [-0.25, -0.2) is 0 Å². The van der Waals surface area contributed by atoms with Crippen LogP contribution in [0.3, 0.4) is 0 Å². The van der Waals surface area contributed by atoms with Crippen molar-refractivity contribution < 1.29 is 4.57 Å². The van der Waals surface area contributed by atoms with E-state index in [2.05, 4.69) is 0 Å². The maximum Gasteiger partial charge on any atom is 0.105 e. The lowest BCUT2D eigenvalue weighted by Crippen LogP contribution is -1.88. The molecule has 0 amide bonds. The first-order valence-electron chi connectivity index (χ1n) is 2.95. The Bertz CT molecular complexity index is 149. The number of hydrogen-bond acceptors (Lipinski definition) is 1. The summed E-state index contributed by atoms with van der Waals surface area (Å²) in [6, 6.07) is 0. The van der Waals surface area contributed by atoms with Crippen LogP contribution < -0.4 is 0 Å². The third-order valence-electron chi connectivity index (χ3n) is 1.39. The Labute approximate surface area is 50.2 Å². The highest BCUT2D eigenvalue weighted by Gasteiger charge is 2.11. The molecule has 0 N–H and O–H groups in total. The first kappa shape index (κ1) is 6.10. The van der Waals surface area contributed by atoms with Gasteiger partial charge in [0.1, 0.15) is 7.14 Å². The molecule has 1 unspecified atom stereocenters. The molecular weight excluding hydrogens is 119 g/mol. The summed E-state index contributed by atoms with van der Waals surface area (Å²) in [4.78, 5) is 0. The van der Waals surface area contributed by atoms with Crippen molar-refractivity contribution in [3.63, 3.8) is 0 Å². The number of rotatable bonds is 0. The maximum absolute atomic E-state index is 11.1. The fraction of sp³-hybridized carbons (Fsp3) is 0.667. The van der Waals surface area contributed by atoms with E-state index >= 15 is 0 Å². The first-order chi connectivity index (χ1) is 3.71. The van der Waals surface area contributed by atoms with Crippen LogP contribution in [0.2, 0.25) is 0 Å². The van der Waals surface area contributed by atoms with Crippen LogP contribution in [0.1, 0.15) is 12.8 Å². The molecule has 1 aliphatic rings. The zero-order chi connectivity index (χ0) is 6.04. The summed E-state index contributed by atoms with van der Waals surface area (Å²) in [6.07, 6.45) is 5.19. The fourth-order valence-electron chi connectivity index (χ4n) is 0.895. The molecular formula is C6H11OP. The van der Waals surface area contributed by atoms with Crippen molar-refractivity contribution in [1.82, 2.24) is 0 Å². The van der Waals surface area contributed by atoms with Crippen molar-refractivity contribution in [2.45, 2.75) is 12.8 Å². The van der Waals surface area contributed by atoms with Crippen LogP contribution in [0.5, 0.6) is 0 Å². The predicted molar refractivity (Wildman–Crippen MR) is 36.8 cm³/mol. The van der Waals surface area contributed by atoms with Crippen molar-refractivity contribution in [2.24, 2.45) is 0 Å². The van der Waals surface area contributed by atoms with Crippen molar-refractivity contribution >= 4 is 7.14 Å². The van der Waals surface area contributed by atoms with Gasteiger partial charge in [-0.15, -0.1) is 0 Å². The van der Waals surface area contributed by atoms with E-state index in [1.165, 1.54) is 0 Å². The molecule has 0 aliphatic carbocycles. The van der Waals surface area contributed by atoms with Gasteiger partial charge in [-0.1, -0.05) is 6.08 Å². The standard InChI is InChI=1S/C6H11OP/c1-8(7)5-3-2-4-6-8/h3,5H,2,4,6H2,1H3. The van der Waals surface area contributed by atoms with Gasteiger partial charge in [-0.2, -0.15) is 0 Å². The third kappa shape index (κ3) is 1.48. The van der Waals surface area contributed by atoms with Crippen molar-refractivity contribution in [1.29, 1.82) is 0 Å². The smallest absolute Gasteiger partial charge is 0.105 e. The van der Waals surface area contributed by atoms with Crippen molar-refractivity contribution in [2.75, 3.05) is 12.8 Å². The largest absolute Gasteiger partial charge is 0.320 e. The summed E-state index contributed by atoms with van der Waals surface area (Å²) in [7, 11) is -1.77. The van der Waals surface area contributed by atoms with Gasteiger partial charge < -0.3 is 4.57 Å². The van der Waals surface area contributed by atoms with E-state index in [9.17, 15) is 4.57 Å². The third-order valence-corrected chi connectivity index (χ3v) is 3.44. The van der Waals surface area contributed by atoms with Gasteiger partial charge >= 0.3 is 0 Å². The Hall–Kier alpha value is -0.0300. The average molecular weight is 130 g/mol. The Balaban J connectivity index is 2.70. The number of allylic oxidation sites excluding steroid dienone is 1. The van der Waals surface area contributed by atoms with Crippen molar-refractivity contribution in [3.05, 3.63) is 11.9 Å².